The molecule has 0 radical (unpaired) electrons. The van der Waals surface area contributed by atoms with Gasteiger partial charge in [0, 0.05) is 5.56 Å². The molecule has 1 saturated heterocycles. The number of rotatable bonds is 1. The van der Waals surface area contributed by atoms with Gasteiger partial charge < -0.3 is 4.74 Å². The summed E-state index contributed by atoms with van der Waals surface area (Å²) >= 11 is 0. The zero-order valence-electron chi connectivity index (χ0n) is 7.86. The van der Waals surface area contributed by atoms with E-state index in [-0.39, 0.29) is 12.2 Å². The highest BCUT2D eigenvalue weighted by Gasteiger charge is 2.45. The summed E-state index contributed by atoms with van der Waals surface area (Å²) in [6.45, 7) is 1.82. The first kappa shape index (κ1) is 10.4. The van der Waals surface area contributed by atoms with Crippen LogP contribution in [0.25, 0.3) is 0 Å². The zero-order chi connectivity index (χ0) is 11.3. The Bertz CT molecular complexity index is 369. The molecule has 0 aliphatic carbocycles. The summed E-state index contributed by atoms with van der Waals surface area (Å²) in [6, 6.07) is 3.23. The number of epoxide rings is 1. The summed E-state index contributed by atoms with van der Waals surface area (Å²) < 4.78 is 55.5. The molecule has 15 heavy (non-hydrogen) atoms. The fraction of sp³-hybridized carbons (Fsp3) is 0.400. The van der Waals surface area contributed by atoms with E-state index >= 15 is 0 Å². The number of hydrogen-bond donors (Lipinski definition) is 0. The molecule has 1 aromatic rings. The molecule has 0 saturated carbocycles. The van der Waals surface area contributed by atoms with E-state index in [0.29, 0.717) is 0 Å². The molecule has 1 heterocycles. The van der Waals surface area contributed by atoms with Crippen molar-refractivity contribution in [3.05, 3.63) is 35.1 Å². The van der Waals surface area contributed by atoms with Crippen LogP contribution in [0.15, 0.2) is 18.2 Å². The van der Waals surface area contributed by atoms with E-state index in [4.69, 9.17) is 4.74 Å². The second-order valence-electron chi connectivity index (χ2n) is 3.68. The highest BCUT2D eigenvalue weighted by Crippen LogP contribution is 2.42. The third-order valence-electron chi connectivity index (χ3n) is 2.45. The second kappa shape index (κ2) is 2.95. The smallest absolute Gasteiger partial charge is 0.365 e. The van der Waals surface area contributed by atoms with E-state index in [0.717, 1.165) is 6.07 Å². The fourth-order valence-electron chi connectivity index (χ4n) is 1.42. The third-order valence-corrected chi connectivity index (χ3v) is 2.45. The average molecular weight is 220 g/mol. The van der Waals surface area contributed by atoms with Crippen LogP contribution in [0.3, 0.4) is 0 Å². The molecule has 0 bridgehead atoms. The lowest BCUT2D eigenvalue weighted by Crippen LogP contribution is -2.13. The van der Waals surface area contributed by atoms with Crippen molar-refractivity contribution in [3.63, 3.8) is 0 Å². The van der Waals surface area contributed by atoms with Crippen LogP contribution < -0.4 is 0 Å². The Hall–Kier alpha value is -1.10. The maximum absolute atomic E-state index is 13.5. The SMILES string of the molecule is CC1(c2cccc(C(F)(F)F)c2F)CO1. The van der Waals surface area contributed by atoms with Crippen molar-refractivity contribution in [2.75, 3.05) is 6.61 Å². The predicted octanol–water partition coefficient (Wildman–Crippen LogP) is 3.09. The summed E-state index contributed by atoms with van der Waals surface area (Å²) in [5, 5.41) is 0. The minimum atomic E-state index is -4.66. The molecule has 0 aromatic heterocycles. The number of alkyl halides is 3. The van der Waals surface area contributed by atoms with E-state index < -0.39 is 23.2 Å². The minimum Gasteiger partial charge on any atom is -0.365 e. The lowest BCUT2D eigenvalue weighted by molar-refractivity contribution is -0.140. The second-order valence-corrected chi connectivity index (χ2v) is 3.68. The molecule has 1 fully saturated rings. The summed E-state index contributed by atoms with van der Waals surface area (Å²) in [6.07, 6.45) is -4.66. The van der Waals surface area contributed by atoms with E-state index in [9.17, 15) is 17.6 Å². The van der Waals surface area contributed by atoms with E-state index in [2.05, 4.69) is 0 Å². The number of hydrogen-bond acceptors (Lipinski definition) is 1. The quantitative estimate of drug-likeness (QED) is 0.523. The molecule has 1 aliphatic rings. The summed E-state index contributed by atoms with van der Waals surface area (Å²) in [7, 11) is 0. The van der Waals surface area contributed by atoms with Crippen LogP contribution in [0.4, 0.5) is 17.6 Å². The molecular formula is C10H8F4O. The maximum atomic E-state index is 13.5. The van der Waals surface area contributed by atoms with Gasteiger partial charge in [-0.2, -0.15) is 13.2 Å². The van der Waals surface area contributed by atoms with Crippen molar-refractivity contribution in [1.82, 2.24) is 0 Å². The average Bonchev–Trinajstić information content (AvgIpc) is 2.83. The summed E-state index contributed by atoms with van der Waals surface area (Å²) in [5.74, 6) is -1.23. The largest absolute Gasteiger partial charge is 0.419 e. The molecule has 1 aliphatic heterocycles. The van der Waals surface area contributed by atoms with Gasteiger partial charge in [-0.1, -0.05) is 12.1 Å². The molecule has 0 spiro atoms. The first-order valence-corrected chi connectivity index (χ1v) is 4.35. The maximum Gasteiger partial charge on any atom is 0.419 e. The van der Waals surface area contributed by atoms with Crippen molar-refractivity contribution >= 4 is 0 Å². The minimum absolute atomic E-state index is 0.0303. The van der Waals surface area contributed by atoms with Crippen LogP contribution in [0.2, 0.25) is 0 Å². The van der Waals surface area contributed by atoms with E-state index in [1.807, 2.05) is 0 Å². The summed E-state index contributed by atoms with van der Waals surface area (Å²) in [4.78, 5) is 0. The van der Waals surface area contributed by atoms with Gasteiger partial charge in [0.1, 0.15) is 11.4 Å². The third kappa shape index (κ3) is 1.71. The molecule has 1 nitrogen and oxygen atoms in total. The van der Waals surface area contributed by atoms with Crippen LogP contribution >= 0.6 is 0 Å². The van der Waals surface area contributed by atoms with Crippen LogP contribution in [0, 0.1) is 5.82 Å². The number of ether oxygens (including phenoxy) is 1. The molecule has 2 rings (SSSR count). The van der Waals surface area contributed by atoms with Gasteiger partial charge >= 0.3 is 6.18 Å². The Morgan fingerprint density at radius 3 is 2.40 bits per heavy atom. The molecule has 82 valence electrons. The van der Waals surface area contributed by atoms with Crippen molar-refractivity contribution < 1.29 is 22.3 Å². The molecule has 5 heteroatoms. The highest BCUT2D eigenvalue weighted by molar-refractivity contribution is 5.34. The Morgan fingerprint density at radius 1 is 1.33 bits per heavy atom. The normalized spacial score (nSPS) is 25.4. The van der Waals surface area contributed by atoms with Gasteiger partial charge in [0.05, 0.1) is 12.2 Å². The Labute approximate surface area is 83.7 Å². The van der Waals surface area contributed by atoms with Crippen LogP contribution in [0.1, 0.15) is 18.1 Å². The van der Waals surface area contributed by atoms with Crippen molar-refractivity contribution in [2.45, 2.75) is 18.7 Å². The van der Waals surface area contributed by atoms with Crippen molar-refractivity contribution in [3.8, 4) is 0 Å². The van der Waals surface area contributed by atoms with Crippen molar-refractivity contribution in [1.29, 1.82) is 0 Å². The molecule has 1 aromatic carbocycles. The standard InChI is InChI=1S/C10H8F4O/c1-9(5-15-9)6-3-2-4-7(8(6)11)10(12,13)14/h2-4H,5H2,1H3. The van der Waals surface area contributed by atoms with Gasteiger partial charge in [-0.05, 0) is 13.0 Å². The Balaban J connectivity index is 2.51. The molecule has 1 atom stereocenters. The van der Waals surface area contributed by atoms with Gasteiger partial charge in [0.15, 0.2) is 0 Å². The van der Waals surface area contributed by atoms with Crippen LogP contribution in [0.5, 0.6) is 0 Å². The lowest BCUT2D eigenvalue weighted by Gasteiger charge is -2.12. The molecular weight excluding hydrogens is 212 g/mol. The molecule has 0 amide bonds. The first-order valence-electron chi connectivity index (χ1n) is 4.35. The zero-order valence-corrected chi connectivity index (χ0v) is 7.86. The number of benzene rings is 1. The van der Waals surface area contributed by atoms with Gasteiger partial charge in [-0.25, -0.2) is 4.39 Å². The lowest BCUT2D eigenvalue weighted by atomic mass is 9.98. The Morgan fingerprint density at radius 2 is 1.93 bits per heavy atom. The number of halogens is 4. The first-order chi connectivity index (χ1) is 6.84. The Kier molecular flexibility index (Phi) is 2.05. The van der Waals surface area contributed by atoms with Gasteiger partial charge in [0.25, 0.3) is 0 Å². The van der Waals surface area contributed by atoms with E-state index in [1.165, 1.54) is 12.1 Å². The monoisotopic (exact) mass is 220 g/mol. The van der Waals surface area contributed by atoms with Gasteiger partial charge in [0.2, 0.25) is 0 Å². The molecule has 1 unspecified atom stereocenters. The fourth-order valence-corrected chi connectivity index (χ4v) is 1.42. The van der Waals surface area contributed by atoms with Crippen LogP contribution in [-0.4, -0.2) is 6.61 Å². The van der Waals surface area contributed by atoms with Crippen molar-refractivity contribution in [2.24, 2.45) is 0 Å². The highest BCUT2D eigenvalue weighted by atomic mass is 19.4. The van der Waals surface area contributed by atoms with Gasteiger partial charge in [-0.15, -0.1) is 0 Å². The predicted molar refractivity (Wildman–Crippen MR) is 44.7 cm³/mol. The summed E-state index contributed by atoms with van der Waals surface area (Å²) in [5.41, 5.74) is -2.15. The van der Waals surface area contributed by atoms with Crippen LogP contribution in [-0.2, 0) is 16.5 Å². The van der Waals surface area contributed by atoms with E-state index in [1.54, 1.807) is 6.92 Å². The molecule has 0 N–H and O–H groups in total. The van der Waals surface area contributed by atoms with Gasteiger partial charge in [-0.3, -0.25) is 0 Å². The topological polar surface area (TPSA) is 12.5 Å².